The number of alkyl carbamates (subject to hydrolysis) is 2. The van der Waals surface area contributed by atoms with Crippen LogP contribution in [-0.2, 0) is 9.47 Å². The Hall–Kier alpha value is -2.06. The zero-order chi connectivity index (χ0) is 36.1. The summed E-state index contributed by atoms with van der Waals surface area (Å²) in [6.07, 6.45) is 36.9. The number of unbranched alkanes of at least 4 members (excludes halogenated alkanes) is 28. The number of nitro groups is 1. The Bertz CT molecular complexity index is 714. The van der Waals surface area contributed by atoms with Gasteiger partial charge in [0.2, 0.25) is 0 Å². The molecule has 2 amide bonds. The largest absolute Gasteiger partial charge is 0.442 e. The van der Waals surface area contributed by atoms with Crippen LogP contribution in [0, 0.1) is 10.1 Å². The van der Waals surface area contributed by atoms with E-state index in [1.807, 2.05) is 0 Å². The molecule has 49 heavy (non-hydrogen) atoms. The molecular formula is C40H79N3O6. The van der Waals surface area contributed by atoms with Gasteiger partial charge < -0.3 is 20.1 Å². The van der Waals surface area contributed by atoms with Gasteiger partial charge in [-0.05, 0) is 12.8 Å². The lowest BCUT2D eigenvalue weighted by Crippen LogP contribution is -2.47. The van der Waals surface area contributed by atoms with Gasteiger partial charge in [0.15, 0.2) is 13.2 Å². The van der Waals surface area contributed by atoms with E-state index in [0.717, 1.165) is 38.5 Å². The van der Waals surface area contributed by atoms with Crippen LogP contribution in [0.3, 0.4) is 0 Å². The van der Waals surface area contributed by atoms with Crippen LogP contribution < -0.4 is 10.6 Å². The van der Waals surface area contributed by atoms with Gasteiger partial charge in [0.25, 0.3) is 5.54 Å². The number of nitrogens with one attached hydrogen (secondary N) is 2. The molecule has 9 nitrogen and oxygen atoms in total. The molecule has 0 aliphatic heterocycles. The van der Waals surface area contributed by atoms with Crippen molar-refractivity contribution in [2.24, 2.45) is 0 Å². The molecule has 0 heterocycles. The van der Waals surface area contributed by atoms with Crippen molar-refractivity contribution in [2.45, 2.75) is 219 Å². The van der Waals surface area contributed by atoms with Crippen molar-refractivity contribution in [1.29, 1.82) is 0 Å². The first-order chi connectivity index (χ1) is 23.9. The molecule has 0 spiro atoms. The molecule has 0 aromatic carbocycles. The van der Waals surface area contributed by atoms with Crippen molar-refractivity contribution >= 4 is 12.2 Å². The number of carbonyl (C=O) groups is 2. The van der Waals surface area contributed by atoms with Crippen LogP contribution in [0.1, 0.15) is 213 Å². The molecule has 0 aromatic heterocycles. The molecule has 0 aliphatic rings. The fourth-order valence-electron chi connectivity index (χ4n) is 6.06. The maximum Gasteiger partial charge on any atom is 0.407 e. The quantitative estimate of drug-likeness (QED) is 0.0379. The fourth-order valence-corrected chi connectivity index (χ4v) is 6.06. The van der Waals surface area contributed by atoms with E-state index in [1.165, 1.54) is 161 Å². The summed E-state index contributed by atoms with van der Waals surface area (Å²) in [5.74, 6) is 0. The minimum Gasteiger partial charge on any atom is -0.442 e. The molecule has 0 aliphatic carbocycles. The normalized spacial score (nSPS) is 11.4. The van der Waals surface area contributed by atoms with Crippen molar-refractivity contribution in [1.82, 2.24) is 10.6 Å². The second-order valence-corrected chi connectivity index (χ2v) is 14.7. The highest BCUT2D eigenvalue weighted by atomic mass is 16.6. The zero-order valence-corrected chi connectivity index (χ0v) is 32.4. The van der Waals surface area contributed by atoms with Crippen molar-refractivity contribution < 1.29 is 24.0 Å². The van der Waals surface area contributed by atoms with Gasteiger partial charge in [0, 0.05) is 24.9 Å². The van der Waals surface area contributed by atoms with E-state index < -0.39 is 35.9 Å². The van der Waals surface area contributed by atoms with Crippen molar-refractivity contribution in [3.05, 3.63) is 10.1 Å². The fraction of sp³-hybridized carbons (Fsp3) is 0.950. The summed E-state index contributed by atoms with van der Waals surface area (Å²) in [4.78, 5) is 35.3. The third-order valence-corrected chi connectivity index (χ3v) is 9.57. The maximum atomic E-state index is 12.1. The monoisotopic (exact) mass is 698 g/mol. The number of rotatable bonds is 37. The number of hydrogen-bond acceptors (Lipinski definition) is 6. The minimum absolute atomic E-state index is 0.475. The molecule has 290 valence electrons. The van der Waals surface area contributed by atoms with Crippen molar-refractivity contribution in [3.63, 3.8) is 0 Å². The van der Waals surface area contributed by atoms with Gasteiger partial charge in [-0.1, -0.05) is 194 Å². The summed E-state index contributed by atoms with van der Waals surface area (Å²) in [5.41, 5.74) is -1.71. The van der Waals surface area contributed by atoms with Crippen LogP contribution in [-0.4, -0.2) is 49.0 Å². The van der Waals surface area contributed by atoms with E-state index in [4.69, 9.17) is 9.47 Å². The van der Waals surface area contributed by atoms with Gasteiger partial charge in [-0.2, -0.15) is 0 Å². The summed E-state index contributed by atoms with van der Waals surface area (Å²) in [7, 11) is 0. The molecule has 0 aromatic rings. The van der Waals surface area contributed by atoms with E-state index in [2.05, 4.69) is 24.5 Å². The van der Waals surface area contributed by atoms with Crippen LogP contribution in [0.5, 0.6) is 0 Å². The molecule has 0 saturated carbocycles. The van der Waals surface area contributed by atoms with Crippen molar-refractivity contribution in [3.8, 4) is 0 Å². The number of amides is 2. The van der Waals surface area contributed by atoms with Gasteiger partial charge in [0.1, 0.15) is 0 Å². The lowest BCUT2D eigenvalue weighted by atomic mass is 10.0. The molecular weight excluding hydrogens is 618 g/mol. The van der Waals surface area contributed by atoms with Crippen LogP contribution in [0.4, 0.5) is 9.59 Å². The highest BCUT2D eigenvalue weighted by Crippen LogP contribution is 2.15. The average molecular weight is 698 g/mol. The van der Waals surface area contributed by atoms with E-state index >= 15 is 0 Å². The first kappa shape index (κ1) is 46.9. The van der Waals surface area contributed by atoms with E-state index in [-0.39, 0.29) is 0 Å². The highest BCUT2D eigenvalue weighted by molar-refractivity contribution is 5.67. The van der Waals surface area contributed by atoms with Gasteiger partial charge in [-0.15, -0.1) is 0 Å². The summed E-state index contributed by atoms with van der Waals surface area (Å²) in [5, 5.41) is 17.0. The third kappa shape index (κ3) is 32.9. The standard InChI is InChI=1S/C40H79N3O6/c1-4-6-8-10-12-14-16-18-20-22-24-26-28-30-32-34-41-38(44)48-36-40(3,43(46)47)37-49-39(45)42-35-33-31-29-27-25-23-21-19-17-15-13-11-9-7-5-2/h4-37H2,1-3H3,(H,41,44)(H,42,45). The molecule has 0 rings (SSSR count). The molecule has 0 radical (unpaired) electrons. The third-order valence-electron chi connectivity index (χ3n) is 9.57. The first-order valence-corrected chi connectivity index (χ1v) is 20.8. The number of carbonyl (C=O) groups excluding carboxylic acids is 2. The van der Waals surface area contributed by atoms with Gasteiger partial charge >= 0.3 is 12.2 Å². The summed E-state index contributed by atoms with van der Waals surface area (Å²) >= 11 is 0. The Morgan fingerprint density at radius 1 is 0.469 bits per heavy atom. The molecule has 0 unspecified atom stereocenters. The molecule has 0 bridgehead atoms. The number of ether oxygens (including phenoxy) is 2. The first-order valence-electron chi connectivity index (χ1n) is 20.8. The Labute approximate surface area is 301 Å². The van der Waals surface area contributed by atoms with E-state index in [9.17, 15) is 19.7 Å². The van der Waals surface area contributed by atoms with Crippen LogP contribution in [0.15, 0.2) is 0 Å². The second kappa shape index (κ2) is 35.8. The van der Waals surface area contributed by atoms with Crippen LogP contribution in [0.2, 0.25) is 0 Å². The Morgan fingerprint density at radius 2 is 0.694 bits per heavy atom. The summed E-state index contributed by atoms with van der Waals surface area (Å²) in [6, 6.07) is 0. The predicted molar refractivity (Wildman–Crippen MR) is 204 cm³/mol. The van der Waals surface area contributed by atoms with Gasteiger partial charge in [0.05, 0.1) is 0 Å². The lowest BCUT2D eigenvalue weighted by Gasteiger charge is -2.20. The summed E-state index contributed by atoms with van der Waals surface area (Å²) in [6.45, 7) is 5.84. The molecule has 0 fully saturated rings. The molecule has 0 atom stereocenters. The number of nitrogens with zero attached hydrogens (tertiary/aromatic N) is 1. The highest BCUT2D eigenvalue weighted by Gasteiger charge is 2.41. The second-order valence-electron chi connectivity index (χ2n) is 14.7. The molecule has 2 N–H and O–H groups in total. The van der Waals surface area contributed by atoms with E-state index in [1.54, 1.807) is 0 Å². The predicted octanol–water partition coefficient (Wildman–Crippen LogP) is 12.2. The van der Waals surface area contributed by atoms with Gasteiger partial charge in [-0.3, -0.25) is 10.1 Å². The SMILES string of the molecule is CCCCCCCCCCCCCCCCCNC(=O)OCC(C)(COC(=O)NCCCCCCCCCCCCCCCCC)[N+](=O)[O-]. The Kier molecular flexibility index (Phi) is 34.3. The Balaban J connectivity index is 3.70. The average Bonchev–Trinajstić information content (AvgIpc) is 3.09. The topological polar surface area (TPSA) is 120 Å². The smallest absolute Gasteiger partial charge is 0.407 e. The number of hydrogen-bond donors (Lipinski definition) is 2. The maximum absolute atomic E-state index is 12.1. The van der Waals surface area contributed by atoms with E-state index in [0.29, 0.717) is 13.1 Å². The minimum atomic E-state index is -1.71. The molecule has 9 heteroatoms. The lowest BCUT2D eigenvalue weighted by molar-refractivity contribution is -0.571. The van der Waals surface area contributed by atoms with Crippen LogP contribution >= 0.6 is 0 Å². The summed E-state index contributed by atoms with van der Waals surface area (Å²) < 4.78 is 10.2. The van der Waals surface area contributed by atoms with Crippen LogP contribution in [0.25, 0.3) is 0 Å². The molecule has 0 saturated heterocycles. The van der Waals surface area contributed by atoms with Crippen molar-refractivity contribution in [2.75, 3.05) is 26.3 Å². The van der Waals surface area contributed by atoms with Gasteiger partial charge in [-0.25, -0.2) is 9.59 Å². The zero-order valence-electron chi connectivity index (χ0n) is 32.4. The Morgan fingerprint density at radius 3 is 0.918 bits per heavy atom.